The Morgan fingerprint density at radius 1 is 1.29 bits per heavy atom. The number of nitrogens with one attached hydrogen (secondary N) is 1. The Kier molecular flexibility index (Phi) is 5.95. The molecule has 0 saturated carbocycles. The number of anilines is 1. The van der Waals surface area contributed by atoms with Crippen LogP contribution in [0.15, 0.2) is 18.2 Å². The molecule has 2 rings (SSSR count). The lowest BCUT2D eigenvalue weighted by Crippen LogP contribution is -2.41. The Balaban J connectivity index is 2.17. The molecular formula is C18H29ClN2. The first-order valence-electron chi connectivity index (χ1n) is 8.23. The molecule has 1 heterocycles. The molecular weight excluding hydrogens is 280 g/mol. The molecule has 0 amide bonds. The molecule has 0 aromatic heterocycles. The van der Waals surface area contributed by atoms with Gasteiger partial charge in [-0.25, -0.2) is 0 Å². The summed E-state index contributed by atoms with van der Waals surface area (Å²) in [7, 11) is 0. The van der Waals surface area contributed by atoms with Crippen molar-refractivity contribution in [2.45, 2.75) is 53.1 Å². The van der Waals surface area contributed by atoms with E-state index in [1.54, 1.807) is 0 Å². The Morgan fingerprint density at radius 2 is 2.05 bits per heavy atom. The van der Waals surface area contributed by atoms with E-state index in [2.05, 4.69) is 50.0 Å². The zero-order valence-corrected chi connectivity index (χ0v) is 14.6. The van der Waals surface area contributed by atoms with E-state index in [9.17, 15) is 0 Å². The van der Waals surface area contributed by atoms with Crippen molar-refractivity contribution in [3.05, 3.63) is 28.8 Å². The minimum Gasteiger partial charge on any atom is -0.368 e. The SMILES string of the molecule is CC(C)CNCc1cc(Cl)ccc1N1CC(C)CCC1C. The van der Waals surface area contributed by atoms with Crippen LogP contribution in [0.2, 0.25) is 5.02 Å². The molecule has 0 radical (unpaired) electrons. The fourth-order valence-electron chi connectivity index (χ4n) is 3.10. The number of piperidine rings is 1. The minimum absolute atomic E-state index is 0.617. The molecule has 1 N–H and O–H groups in total. The molecule has 0 bridgehead atoms. The van der Waals surface area contributed by atoms with Gasteiger partial charge in [-0.3, -0.25) is 0 Å². The third kappa shape index (κ3) is 4.62. The van der Waals surface area contributed by atoms with E-state index in [1.807, 2.05) is 6.07 Å². The van der Waals surface area contributed by atoms with Crippen LogP contribution in [0.4, 0.5) is 5.69 Å². The van der Waals surface area contributed by atoms with Gasteiger partial charge in [0.15, 0.2) is 0 Å². The first-order chi connectivity index (χ1) is 9.97. The molecule has 0 aliphatic carbocycles. The second kappa shape index (κ2) is 7.51. The smallest absolute Gasteiger partial charge is 0.0415 e. The first-order valence-corrected chi connectivity index (χ1v) is 8.61. The lowest BCUT2D eigenvalue weighted by atomic mass is 9.93. The molecule has 21 heavy (non-hydrogen) atoms. The Labute approximate surface area is 134 Å². The summed E-state index contributed by atoms with van der Waals surface area (Å²) in [6, 6.07) is 6.96. The van der Waals surface area contributed by atoms with Crippen molar-refractivity contribution in [1.82, 2.24) is 5.32 Å². The van der Waals surface area contributed by atoms with E-state index in [-0.39, 0.29) is 0 Å². The molecule has 1 aliphatic heterocycles. The molecule has 1 saturated heterocycles. The van der Waals surface area contributed by atoms with Crippen LogP contribution in [-0.4, -0.2) is 19.1 Å². The highest BCUT2D eigenvalue weighted by molar-refractivity contribution is 6.30. The van der Waals surface area contributed by atoms with Crippen molar-refractivity contribution in [2.75, 3.05) is 18.0 Å². The van der Waals surface area contributed by atoms with E-state index in [4.69, 9.17) is 11.6 Å². The van der Waals surface area contributed by atoms with Crippen LogP contribution >= 0.6 is 11.6 Å². The maximum Gasteiger partial charge on any atom is 0.0415 e. The van der Waals surface area contributed by atoms with Gasteiger partial charge < -0.3 is 10.2 Å². The van der Waals surface area contributed by atoms with Crippen LogP contribution in [-0.2, 0) is 6.54 Å². The van der Waals surface area contributed by atoms with Gasteiger partial charge in [0.2, 0.25) is 0 Å². The predicted molar refractivity (Wildman–Crippen MR) is 93.2 cm³/mol. The molecule has 118 valence electrons. The maximum atomic E-state index is 6.22. The van der Waals surface area contributed by atoms with Gasteiger partial charge in [-0.15, -0.1) is 0 Å². The van der Waals surface area contributed by atoms with E-state index < -0.39 is 0 Å². The van der Waals surface area contributed by atoms with Gasteiger partial charge in [0.25, 0.3) is 0 Å². The van der Waals surface area contributed by atoms with E-state index in [0.717, 1.165) is 30.6 Å². The predicted octanol–water partition coefficient (Wildman–Crippen LogP) is 4.71. The fourth-order valence-corrected chi connectivity index (χ4v) is 3.29. The van der Waals surface area contributed by atoms with Crippen molar-refractivity contribution in [1.29, 1.82) is 0 Å². The summed E-state index contributed by atoms with van der Waals surface area (Å²) in [5.74, 6) is 1.44. The number of nitrogens with zero attached hydrogens (tertiary/aromatic N) is 1. The van der Waals surface area contributed by atoms with E-state index in [0.29, 0.717) is 12.0 Å². The number of hydrogen-bond donors (Lipinski definition) is 1. The van der Waals surface area contributed by atoms with E-state index in [1.165, 1.54) is 24.1 Å². The molecule has 1 aromatic rings. The first kappa shape index (κ1) is 16.6. The second-order valence-corrected chi connectivity index (χ2v) is 7.42. The normalized spacial score (nSPS) is 22.9. The van der Waals surface area contributed by atoms with Gasteiger partial charge in [0.05, 0.1) is 0 Å². The van der Waals surface area contributed by atoms with Gasteiger partial charge >= 0.3 is 0 Å². The molecule has 2 unspecified atom stereocenters. The average Bonchev–Trinajstić information content (AvgIpc) is 2.42. The fraction of sp³-hybridized carbons (Fsp3) is 0.667. The Hall–Kier alpha value is -0.730. The topological polar surface area (TPSA) is 15.3 Å². The van der Waals surface area contributed by atoms with Crippen LogP contribution in [0.5, 0.6) is 0 Å². The van der Waals surface area contributed by atoms with Crippen LogP contribution in [0, 0.1) is 11.8 Å². The van der Waals surface area contributed by atoms with Gasteiger partial charge in [-0.1, -0.05) is 32.4 Å². The molecule has 2 nitrogen and oxygen atoms in total. The van der Waals surface area contributed by atoms with Crippen LogP contribution in [0.25, 0.3) is 0 Å². The van der Waals surface area contributed by atoms with Crippen LogP contribution in [0.1, 0.15) is 46.1 Å². The number of hydrogen-bond acceptors (Lipinski definition) is 2. The molecule has 1 aliphatic rings. The quantitative estimate of drug-likeness (QED) is 0.847. The average molecular weight is 309 g/mol. The molecule has 3 heteroatoms. The second-order valence-electron chi connectivity index (χ2n) is 6.98. The molecule has 1 aromatic carbocycles. The third-order valence-electron chi connectivity index (χ3n) is 4.34. The lowest BCUT2D eigenvalue weighted by molar-refractivity contribution is 0.389. The van der Waals surface area contributed by atoms with Gasteiger partial charge in [0.1, 0.15) is 0 Å². The van der Waals surface area contributed by atoms with Crippen LogP contribution < -0.4 is 10.2 Å². The highest BCUT2D eigenvalue weighted by atomic mass is 35.5. The monoisotopic (exact) mass is 308 g/mol. The van der Waals surface area contributed by atoms with Gasteiger partial charge in [0, 0.05) is 29.8 Å². The highest BCUT2D eigenvalue weighted by Gasteiger charge is 2.24. The van der Waals surface area contributed by atoms with Gasteiger partial charge in [-0.2, -0.15) is 0 Å². The lowest BCUT2D eigenvalue weighted by Gasteiger charge is -2.39. The zero-order chi connectivity index (χ0) is 15.4. The van der Waals surface area contributed by atoms with Crippen LogP contribution in [0.3, 0.4) is 0 Å². The minimum atomic E-state index is 0.617. The molecule has 1 fully saturated rings. The summed E-state index contributed by atoms with van der Waals surface area (Å²) in [6.07, 6.45) is 2.62. The van der Waals surface area contributed by atoms with Gasteiger partial charge in [-0.05, 0) is 61.9 Å². The van der Waals surface area contributed by atoms with E-state index >= 15 is 0 Å². The summed E-state index contributed by atoms with van der Waals surface area (Å²) in [6.45, 7) is 12.3. The standard InChI is InChI=1S/C18H29ClN2/c1-13(2)10-20-11-16-9-17(19)7-8-18(16)21-12-14(3)5-6-15(21)4/h7-9,13-15,20H,5-6,10-12H2,1-4H3. The summed E-state index contributed by atoms with van der Waals surface area (Å²) >= 11 is 6.22. The number of halogens is 1. The number of benzene rings is 1. The maximum absolute atomic E-state index is 6.22. The molecule has 0 spiro atoms. The summed E-state index contributed by atoms with van der Waals surface area (Å²) in [5, 5.41) is 4.38. The van der Waals surface area contributed by atoms with Crippen molar-refractivity contribution < 1.29 is 0 Å². The molecule has 2 atom stereocenters. The Morgan fingerprint density at radius 3 is 2.76 bits per heavy atom. The summed E-state index contributed by atoms with van der Waals surface area (Å²) in [5.41, 5.74) is 2.68. The highest BCUT2D eigenvalue weighted by Crippen LogP contribution is 2.31. The summed E-state index contributed by atoms with van der Waals surface area (Å²) in [4.78, 5) is 2.57. The van der Waals surface area contributed by atoms with Crippen molar-refractivity contribution in [3.63, 3.8) is 0 Å². The zero-order valence-electron chi connectivity index (χ0n) is 13.8. The third-order valence-corrected chi connectivity index (χ3v) is 4.57. The van der Waals surface area contributed by atoms with Crippen molar-refractivity contribution in [2.24, 2.45) is 11.8 Å². The van der Waals surface area contributed by atoms with Crippen molar-refractivity contribution in [3.8, 4) is 0 Å². The summed E-state index contributed by atoms with van der Waals surface area (Å²) < 4.78 is 0. The number of rotatable bonds is 5. The largest absolute Gasteiger partial charge is 0.368 e. The van der Waals surface area contributed by atoms with Crippen molar-refractivity contribution >= 4 is 17.3 Å². The Bertz CT molecular complexity index is 459.